The van der Waals surface area contributed by atoms with Gasteiger partial charge in [0.1, 0.15) is 6.07 Å². The minimum absolute atomic E-state index is 0.426. The molecule has 0 aliphatic carbocycles. The lowest BCUT2D eigenvalue weighted by atomic mass is 9.79. The van der Waals surface area contributed by atoms with E-state index in [0.29, 0.717) is 22.2 Å². The Morgan fingerprint density at radius 2 is 1.85 bits per heavy atom. The van der Waals surface area contributed by atoms with Crippen molar-refractivity contribution in [3.05, 3.63) is 48.3 Å². The van der Waals surface area contributed by atoms with E-state index < -0.39 is 24.3 Å². The normalized spacial score (nSPS) is 18.0. The molecule has 136 valence electrons. The van der Waals surface area contributed by atoms with E-state index in [4.69, 9.17) is 9.31 Å². The van der Waals surface area contributed by atoms with Crippen molar-refractivity contribution < 1.29 is 13.7 Å². The predicted octanol–water partition coefficient (Wildman–Crippen LogP) is 2.71. The number of aromatic nitrogens is 3. The highest BCUT2D eigenvalue weighted by molar-refractivity contribution is 6.62. The minimum atomic E-state index is -0.582. The first-order valence-corrected chi connectivity index (χ1v) is 8.61. The average molecular weight is 364 g/mol. The number of halogens is 1. The maximum Gasteiger partial charge on any atom is 0.496 e. The van der Waals surface area contributed by atoms with E-state index in [0.717, 1.165) is 5.46 Å². The number of nitriles is 1. The molecule has 4 heterocycles. The number of rotatable bonds is 2. The Balaban J connectivity index is 1.90. The maximum atomic E-state index is 13.3. The molecule has 0 bridgehead atoms. The zero-order chi connectivity index (χ0) is 19.4. The Bertz CT molecular complexity index is 1050. The molecular weight excluding hydrogens is 346 g/mol. The topological polar surface area (TPSA) is 72.4 Å². The molecule has 8 heteroatoms. The molecule has 3 aromatic rings. The van der Waals surface area contributed by atoms with Gasteiger partial charge >= 0.3 is 7.12 Å². The van der Waals surface area contributed by atoms with Gasteiger partial charge in [-0.05, 0) is 39.8 Å². The summed E-state index contributed by atoms with van der Waals surface area (Å²) in [6.45, 7) is 7.94. The third-order valence-corrected chi connectivity index (χ3v) is 5.32. The first-order chi connectivity index (χ1) is 12.7. The van der Waals surface area contributed by atoms with E-state index in [2.05, 4.69) is 16.2 Å². The highest BCUT2D eigenvalue weighted by Crippen LogP contribution is 2.37. The quantitative estimate of drug-likeness (QED) is 0.517. The van der Waals surface area contributed by atoms with Gasteiger partial charge in [0.25, 0.3) is 0 Å². The van der Waals surface area contributed by atoms with Gasteiger partial charge in [-0.25, -0.2) is 9.50 Å². The second-order valence-corrected chi connectivity index (χ2v) is 7.61. The van der Waals surface area contributed by atoms with E-state index in [1.807, 2.05) is 33.8 Å². The molecule has 1 fully saturated rings. The van der Waals surface area contributed by atoms with Gasteiger partial charge in [0, 0.05) is 29.0 Å². The summed E-state index contributed by atoms with van der Waals surface area (Å²) in [5.41, 5.74) is 2.24. The molecule has 0 amide bonds. The summed E-state index contributed by atoms with van der Waals surface area (Å²) in [6, 6.07) is 6.94. The van der Waals surface area contributed by atoms with Crippen molar-refractivity contribution in [1.82, 2.24) is 14.6 Å². The lowest BCUT2D eigenvalue weighted by molar-refractivity contribution is 0.00578. The molecule has 6 nitrogen and oxygen atoms in total. The third kappa shape index (κ3) is 2.80. The number of hydrogen-bond donors (Lipinski definition) is 0. The van der Waals surface area contributed by atoms with E-state index in [-0.39, 0.29) is 0 Å². The molecule has 1 aliphatic rings. The lowest BCUT2D eigenvalue weighted by Crippen LogP contribution is -2.41. The van der Waals surface area contributed by atoms with Gasteiger partial charge in [-0.15, -0.1) is 0 Å². The first-order valence-electron chi connectivity index (χ1n) is 8.61. The number of hydrogen-bond acceptors (Lipinski definition) is 5. The van der Waals surface area contributed by atoms with E-state index in [9.17, 15) is 9.65 Å². The van der Waals surface area contributed by atoms with E-state index >= 15 is 0 Å². The van der Waals surface area contributed by atoms with Crippen LogP contribution in [0.25, 0.3) is 16.6 Å². The molecule has 0 saturated carbocycles. The molecule has 0 N–H and O–H groups in total. The Morgan fingerprint density at radius 3 is 2.44 bits per heavy atom. The molecule has 4 rings (SSSR count). The fourth-order valence-electron chi connectivity index (χ4n) is 3.09. The van der Waals surface area contributed by atoms with Crippen molar-refractivity contribution in [2.75, 3.05) is 0 Å². The molecule has 0 unspecified atom stereocenters. The molecule has 1 saturated heterocycles. The molecule has 0 spiro atoms. The summed E-state index contributed by atoms with van der Waals surface area (Å²) < 4.78 is 27.2. The van der Waals surface area contributed by atoms with Crippen molar-refractivity contribution >= 4 is 18.1 Å². The number of nitrogens with zero attached hydrogens (tertiary/aromatic N) is 4. The van der Waals surface area contributed by atoms with Crippen LogP contribution in [-0.2, 0) is 9.31 Å². The molecule has 1 aliphatic heterocycles. The van der Waals surface area contributed by atoms with Gasteiger partial charge in [0.2, 0.25) is 5.95 Å². The predicted molar refractivity (Wildman–Crippen MR) is 98.8 cm³/mol. The maximum absolute atomic E-state index is 13.3. The SMILES string of the molecule is CC1(C)OB(c2cc(-c3ccc(F)nc3)c3c(C#N)cnn3c2)OC1(C)C. The van der Waals surface area contributed by atoms with Crippen molar-refractivity contribution in [1.29, 1.82) is 5.26 Å². The Morgan fingerprint density at radius 1 is 1.15 bits per heavy atom. The zero-order valence-corrected chi connectivity index (χ0v) is 15.5. The first kappa shape index (κ1) is 17.6. The monoisotopic (exact) mass is 364 g/mol. The zero-order valence-electron chi connectivity index (χ0n) is 15.5. The van der Waals surface area contributed by atoms with Crippen LogP contribution in [0.5, 0.6) is 0 Å². The highest BCUT2D eigenvalue weighted by atomic mass is 19.1. The van der Waals surface area contributed by atoms with Crippen LogP contribution in [0.2, 0.25) is 0 Å². The third-order valence-electron chi connectivity index (χ3n) is 5.32. The van der Waals surface area contributed by atoms with Crippen molar-refractivity contribution in [2.45, 2.75) is 38.9 Å². The molecule has 0 radical (unpaired) electrons. The Hall–Kier alpha value is -2.76. The fraction of sp³-hybridized carbons (Fsp3) is 0.316. The summed E-state index contributed by atoms with van der Waals surface area (Å²) in [4.78, 5) is 3.73. The minimum Gasteiger partial charge on any atom is -0.399 e. The van der Waals surface area contributed by atoms with Crippen LogP contribution in [0.1, 0.15) is 33.3 Å². The van der Waals surface area contributed by atoms with Crippen LogP contribution in [0.4, 0.5) is 4.39 Å². The lowest BCUT2D eigenvalue weighted by Gasteiger charge is -2.32. The van der Waals surface area contributed by atoms with Crippen molar-refractivity contribution in [3.8, 4) is 17.2 Å². The number of fused-ring (bicyclic) bond motifs is 1. The summed E-state index contributed by atoms with van der Waals surface area (Å²) >= 11 is 0. The standard InChI is InChI=1S/C19H18BFN4O2/c1-18(2)19(3,4)27-20(26-18)14-7-15(12-5-6-16(21)23-9-12)17-13(8-22)10-24-25(17)11-14/h5-7,9-11H,1-4H3. The Labute approximate surface area is 156 Å². The van der Waals surface area contributed by atoms with Crippen LogP contribution in [0.15, 0.2) is 36.8 Å². The van der Waals surface area contributed by atoms with Gasteiger partial charge in [0.05, 0.1) is 28.5 Å². The van der Waals surface area contributed by atoms with Crippen LogP contribution < -0.4 is 5.46 Å². The molecule has 27 heavy (non-hydrogen) atoms. The molecule has 3 aromatic heterocycles. The molecule has 0 aromatic carbocycles. The van der Waals surface area contributed by atoms with Gasteiger partial charge in [0.15, 0.2) is 0 Å². The van der Waals surface area contributed by atoms with Gasteiger partial charge in [-0.3, -0.25) is 0 Å². The fourth-order valence-corrected chi connectivity index (χ4v) is 3.09. The average Bonchev–Trinajstić information content (AvgIpc) is 3.12. The second kappa shape index (κ2) is 5.88. The second-order valence-electron chi connectivity index (χ2n) is 7.61. The van der Waals surface area contributed by atoms with E-state index in [1.54, 1.807) is 16.8 Å². The van der Waals surface area contributed by atoms with Crippen LogP contribution in [0.3, 0.4) is 0 Å². The van der Waals surface area contributed by atoms with Gasteiger partial charge in [-0.1, -0.05) is 6.07 Å². The smallest absolute Gasteiger partial charge is 0.399 e. The van der Waals surface area contributed by atoms with Crippen molar-refractivity contribution in [3.63, 3.8) is 0 Å². The summed E-state index contributed by atoms with van der Waals surface area (Å²) in [7, 11) is -0.582. The van der Waals surface area contributed by atoms with Crippen LogP contribution >= 0.6 is 0 Å². The molecule has 0 atom stereocenters. The van der Waals surface area contributed by atoms with Gasteiger partial charge in [-0.2, -0.15) is 14.8 Å². The summed E-state index contributed by atoms with van der Waals surface area (Å²) in [5, 5.41) is 13.7. The van der Waals surface area contributed by atoms with Crippen LogP contribution in [-0.4, -0.2) is 32.9 Å². The molecular formula is C19H18BFN4O2. The van der Waals surface area contributed by atoms with E-state index in [1.165, 1.54) is 18.5 Å². The Kier molecular flexibility index (Phi) is 3.84. The highest BCUT2D eigenvalue weighted by Gasteiger charge is 2.52. The summed E-state index contributed by atoms with van der Waals surface area (Å²) in [5.74, 6) is -0.564. The largest absolute Gasteiger partial charge is 0.496 e. The van der Waals surface area contributed by atoms with Crippen molar-refractivity contribution in [2.24, 2.45) is 0 Å². The van der Waals surface area contributed by atoms with Gasteiger partial charge < -0.3 is 9.31 Å². The number of pyridine rings is 2. The van der Waals surface area contributed by atoms with Crippen LogP contribution in [0, 0.1) is 17.3 Å². The summed E-state index contributed by atoms with van der Waals surface area (Å²) in [6.07, 6.45) is 4.73.